The molecule has 1 unspecified atom stereocenters. The van der Waals surface area contributed by atoms with E-state index in [1.165, 1.54) is 12.1 Å². The van der Waals surface area contributed by atoms with Crippen LogP contribution in [0.15, 0.2) is 23.1 Å². The van der Waals surface area contributed by atoms with E-state index < -0.39 is 34.0 Å². The average molecular weight is 311 g/mol. The van der Waals surface area contributed by atoms with E-state index in [2.05, 4.69) is 0 Å². The number of nitriles is 1. The Morgan fingerprint density at radius 3 is 2.63 bits per heavy atom. The summed E-state index contributed by atoms with van der Waals surface area (Å²) in [5, 5.41) is 17.7. The summed E-state index contributed by atoms with van der Waals surface area (Å²) in [7, 11) is -4.20. The molecule has 0 spiro atoms. The van der Waals surface area contributed by atoms with Crippen molar-refractivity contribution in [2.75, 3.05) is 6.54 Å². The van der Waals surface area contributed by atoms with Gasteiger partial charge in [0.25, 0.3) is 6.43 Å². The molecular weight excluding hydrogens is 302 g/mol. The van der Waals surface area contributed by atoms with Crippen LogP contribution >= 0.6 is 11.6 Å². The molecule has 1 atom stereocenters. The molecule has 1 rings (SSSR count). The first-order valence-corrected chi connectivity index (χ1v) is 6.79. The fourth-order valence-corrected chi connectivity index (χ4v) is 2.64. The van der Waals surface area contributed by atoms with E-state index in [1.54, 1.807) is 10.8 Å². The van der Waals surface area contributed by atoms with Gasteiger partial charge in [-0.25, -0.2) is 21.9 Å². The summed E-state index contributed by atoms with van der Waals surface area (Å²) in [6.07, 6.45) is -5.20. The average Bonchev–Trinajstić information content (AvgIpc) is 2.35. The van der Waals surface area contributed by atoms with E-state index in [0.717, 1.165) is 6.07 Å². The Morgan fingerprint density at radius 1 is 1.47 bits per heavy atom. The first-order chi connectivity index (χ1) is 8.77. The highest BCUT2D eigenvalue weighted by Crippen LogP contribution is 2.20. The molecule has 0 aliphatic carbocycles. The number of aliphatic hydroxyl groups is 1. The lowest BCUT2D eigenvalue weighted by Crippen LogP contribution is -2.36. The molecule has 0 aliphatic rings. The third kappa shape index (κ3) is 4.11. The van der Waals surface area contributed by atoms with Gasteiger partial charge >= 0.3 is 0 Å². The second-order valence-corrected chi connectivity index (χ2v) is 5.68. The Morgan fingerprint density at radius 2 is 2.11 bits per heavy atom. The number of alkyl halides is 2. The second kappa shape index (κ2) is 6.25. The van der Waals surface area contributed by atoms with Crippen molar-refractivity contribution in [1.82, 2.24) is 4.72 Å². The lowest BCUT2D eigenvalue weighted by Gasteiger charge is -2.12. The zero-order chi connectivity index (χ0) is 14.6. The van der Waals surface area contributed by atoms with E-state index in [0.29, 0.717) is 0 Å². The Kier molecular flexibility index (Phi) is 5.20. The maximum Gasteiger partial charge on any atom is 0.265 e. The third-order valence-electron chi connectivity index (χ3n) is 2.13. The van der Waals surface area contributed by atoms with Crippen LogP contribution in [-0.4, -0.2) is 32.6 Å². The van der Waals surface area contributed by atoms with Crippen LogP contribution in [0.1, 0.15) is 5.56 Å². The smallest absolute Gasteiger partial charge is 0.265 e. The molecule has 0 aliphatic heterocycles. The SMILES string of the molecule is N#Cc1ccc(Cl)cc1S(=O)(=O)NCC(O)C(F)F. The number of hydrogen-bond donors (Lipinski definition) is 2. The van der Waals surface area contributed by atoms with Crippen LogP contribution in [-0.2, 0) is 10.0 Å². The van der Waals surface area contributed by atoms with Gasteiger partial charge in [-0.3, -0.25) is 0 Å². The van der Waals surface area contributed by atoms with Crippen LogP contribution in [0.25, 0.3) is 0 Å². The van der Waals surface area contributed by atoms with E-state index in [-0.39, 0.29) is 10.6 Å². The summed E-state index contributed by atoms with van der Waals surface area (Å²) in [6, 6.07) is 5.20. The molecule has 0 amide bonds. The van der Waals surface area contributed by atoms with Crippen molar-refractivity contribution in [3.8, 4) is 6.07 Å². The van der Waals surface area contributed by atoms with E-state index in [1.807, 2.05) is 0 Å². The van der Waals surface area contributed by atoms with Crippen LogP contribution in [0.2, 0.25) is 5.02 Å². The minimum Gasteiger partial charge on any atom is -0.386 e. The molecule has 0 aromatic heterocycles. The van der Waals surface area contributed by atoms with Gasteiger partial charge in [-0.05, 0) is 18.2 Å². The van der Waals surface area contributed by atoms with Gasteiger partial charge < -0.3 is 5.11 Å². The normalized spacial score (nSPS) is 13.3. The summed E-state index contributed by atoms with van der Waals surface area (Å²) in [4.78, 5) is -0.427. The van der Waals surface area contributed by atoms with Gasteiger partial charge in [0.2, 0.25) is 10.0 Å². The first kappa shape index (κ1) is 15.8. The minimum absolute atomic E-state index is 0.0776. The Bertz CT molecular complexity index is 601. The maximum atomic E-state index is 12.1. The predicted octanol–water partition coefficient (Wildman–Crippen LogP) is 1.12. The van der Waals surface area contributed by atoms with Gasteiger partial charge in [-0.15, -0.1) is 0 Å². The predicted molar refractivity (Wildman–Crippen MR) is 63.4 cm³/mol. The molecule has 0 radical (unpaired) electrons. The highest BCUT2D eigenvalue weighted by molar-refractivity contribution is 7.89. The number of rotatable bonds is 5. The molecular formula is C10H9ClF2N2O3S. The lowest BCUT2D eigenvalue weighted by molar-refractivity contribution is -0.000451. The molecule has 104 valence electrons. The minimum atomic E-state index is -4.20. The fourth-order valence-electron chi connectivity index (χ4n) is 1.17. The van der Waals surface area contributed by atoms with E-state index in [9.17, 15) is 17.2 Å². The highest BCUT2D eigenvalue weighted by atomic mass is 35.5. The van der Waals surface area contributed by atoms with Crippen molar-refractivity contribution in [1.29, 1.82) is 5.26 Å². The molecule has 5 nitrogen and oxygen atoms in total. The van der Waals surface area contributed by atoms with Crippen molar-refractivity contribution in [2.45, 2.75) is 17.4 Å². The molecule has 9 heteroatoms. The standard InChI is InChI=1S/C10H9ClF2N2O3S/c11-7-2-1-6(4-14)9(3-7)19(17,18)15-5-8(16)10(12)13/h1-3,8,10,15-16H,5H2. The zero-order valence-corrected chi connectivity index (χ0v) is 10.9. The maximum absolute atomic E-state index is 12.1. The van der Waals surface area contributed by atoms with Crippen LogP contribution < -0.4 is 4.72 Å². The molecule has 19 heavy (non-hydrogen) atoms. The molecule has 1 aromatic rings. The summed E-state index contributed by atoms with van der Waals surface area (Å²) >= 11 is 5.62. The van der Waals surface area contributed by atoms with Gasteiger partial charge in [0.1, 0.15) is 17.1 Å². The van der Waals surface area contributed by atoms with Crippen LogP contribution in [0.4, 0.5) is 8.78 Å². The van der Waals surface area contributed by atoms with Crippen LogP contribution in [0.3, 0.4) is 0 Å². The van der Waals surface area contributed by atoms with Gasteiger partial charge in [-0.2, -0.15) is 5.26 Å². The Balaban J connectivity index is 3.01. The monoisotopic (exact) mass is 310 g/mol. The van der Waals surface area contributed by atoms with Gasteiger partial charge in [0.05, 0.1) is 5.56 Å². The van der Waals surface area contributed by atoms with Crippen LogP contribution in [0.5, 0.6) is 0 Å². The third-order valence-corrected chi connectivity index (χ3v) is 3.83. The Labute approximate surface area is 113 Å². The van der Waals surface area contributed by atoms with Crippen molar-refractivity contribution < 1.29 is 22.3 Å². The first-order valence-electron chi connectivity index (χ1n) is 4.93. The number of aliphatic hydroxyl groups excluding tert-OH is 1. The van der Waals surface area contributed by atoms with Crippen LogP contribution in [0, 0.1) is 11.3 Å². The van der Waals surface area contributed by atoms with Crippen molar-refractivity contribution in [2.24, 2.45) is 0 Å². The largest absolute Gasteiger partial charge is 0.386 e. The fraction of sp³-hybridized carbons (Fsp3) is 0.300. The summed E-state index contributed by atoms with van der Waals surface area (Å²) in [6.45, 7) is -0.864. The Hall–Kier alpha value is -1.27. The molecule has 0 saturated carbocycles. The quantitative estimate of drug-likeness (QED) is 0.852. The molecule has 2 N–H and O–H groups in total. The molecule has 0 heterocycles. The zero-order valence-electron chi connectivity index (χ0n) is 9.35. The summed E-state index contributed by atoms with van der Waals surface area (Å²) in [5.74, 6) is 0. The summed E-state index contributed by atoms with van der Waals surface area (Å²) in [5.41, 5.74) is -0.177. The number of sulfonamides is 1. The molecule has 1 aromatic carbocycles. The number of benzene rings is 1. The molecule has 0 fully saturated rings. The molecule has 0 saturated heterocycles. The number of nitrogens with one attached hydrogen (secondary N) is 1. The van der Waals surface area contributed by atoms with E-state index >= 15 is 0 Å². The topological polar surface area (TPSA) is 90.2 Å². The number of hydrogen-bond acceptors (Lipinski definition) is 4. The van der Waals surface area contributed by atoms with Crippen molar-refractivity contribution in [3.63, 3.8) is 0 Å². The van der Waals surface area contributed by atoms with Gasteiger partial charge in [-0.1, -0.05) is 11.6 Å². The van der Waals surface area contributed by atoms with E-state index in [4.69, 9.17) is 22.0 Å². The number of halogens is 3. The molecule has 0 bridgehead atoms. The summed E-state index contributed by atoms with van der Waals surface area (Å²) < 4.78 is 49.5. The van der Waals surface area contributed by atoms with Crippen molar-refractivity contribution in [3.05, 3.63) is 28.8 Å². The second-order valence-electron chi connectivity index (χ2n) is 3.51. The van der Waals surface area contributed by atoms with Gasteiger partial charge in [0.15, 0.2) is 0 Å². The lowest BCUT2D eigenvalue weighted by atomic mass is 10.2. The van der Waals surface area contributed by atoms with Gasteiger partial charge in [0, 0.05) is 11.6 Å². The highest BCUT2D eigenvalue weighted by Gasteiger charge is 2.23. The van der Waals surface area contributed by atoms with Crippen molar-refractivity contribution >= 4 is 21.6 Å². The number of nitrogens with zero attached hydrogens (tertiary/aromatic N) is 1.